The van der Waals surface area contributed by atoms with Gasteiger partial charge in [0.05, 0.1) is 11.3 Å². The molecule has 0 saturated carbocycles. The highest BCUT2D eigenvalue weighted by Gasteiger charge is 2.43. The molecule has 0 radical (unpaired) electrons. The van der Waals surface area contributed by atoms with Crippen LogP contribution in [0.3, 0.4) is 0 Å². The van der Waals surface area contributed by atoms with Crippen LogP contribution in [-0.2, 0) is 9.59 Å². The topological polar surface area (TPSA) is 47.1 Å². The number of nitrogens with zero attached hydrogens (tertiary/aromatic N) is 4. The van der Waals surface area contributed by atoms with Crippen molar-refractivity contribution in [1.29, 1.82) is 0 Å². The third kappa shape index (κ3) is 3.95. The largest absolute Gasteiger partial charge is 0.378 e. The van der Waals surface area contributed by atoms with Gasteiger partial charge in [-0.25, -0.2) is 4.90 Å². The fourth-order valence-corrected chi connectivity index (χ4v) is 4.41. The van der Waals surface area contributed by atoms with E-state index in [2.05, 4.69) is 11.9 Å². The number of likely N-dealkylation sites (N-methyl/N-ethyl adjacent to an activating group) is 1. The lowest BCUT2D eigenvalue weighted by Gasteiger charge is -2.36. The molecule has 2 amide bonds. The van der Waals surface area contributed by atoms with Gasteiger partial charge in [-0.2, -0.15) is 0 Å². The van der Waals surface area contributed by atoms with Gasteiger partial charge in [0.15, 0.2) is 0 Å². The summed E-state index contributed by atoms with van der Waals surface area (Å²) in [6.07, 6.45) is 1.94. The number of imide groups is 1. The molecule has 0 atom stereocenters. The fourth-order valence-electron chi connectivity index (χ4n) is 4.41. The normalized spacial score (nSPS) is 18.1. The van der Waals surface area contributed by atoms with Crippen molar-refractivity contribution in [3.05, 3.63) is 65.9 Å². The Balaban J connectivity index is 1.74. The highest BCUT2D eigenvalue weighted by Crippen LogP contribution is 2.36. The van der Waals surface area contributed by atoms with Crippen molar-refractivity contribution in [3.8, 4) is 0 Å². The average Bonchev–Trinajstić information content (AvgIpc) is 3.04. The van der Waals surface area contributed by atoms with Gasteiger partial charge in [0.2, 0.25) is 0 Å². The zero-order valence-corrected chi connectivity index (χ0v) is 18.7. The van der Waals surface area contributed by atoms with Crippen molar-refractivity contribution < 1.29 is 9.59 Å². The van der Waals surface area contributed by atoms with Crippen molar-refractivity contribution in [2.24, 2.45) is 0 Å². The van der Waals surface area contributed by atoms with Gasteiger partial charge in [0, 0.05) is 32.9 Å². The first-order valence-electron chi connectivity index (χ1n) is 10.8. The first-order valence-corrected chi connectivity index (χ1v) is 10.8. The molecule has 0 aliphatic carbocycles. The summed E-state index contributed by atoms with van der Waals surface area (Å²) < 4.78 is 0. The number of anilines is 2. The van der Waals surface area contributed by atoms with Crippen molar-refractivity contribution in [3.63, 3.8) is 0 Å². The molecule has 2 aromatic carbocycles. The lowest BCUT2D eigenvalue weighted by Crippen LogP contribution is -2.43. The highest BCUT2D eigenvalue weighted by molar-refractivity contribution is 6.45. The first-order chi connectivity index (χ1) is 14.9. The molecule has 0 aromatic heterocycles. The van der Waals surface area contributed by atoms with E-state index in [1.807, 2.05) is 85.5 Å². The molecule has 0 bridgehead atoms. The Kier molecular flexibility index (Phi) is 5.83. The molecule has 6 heteroatoms. The molecule has 162 valence electrons. The van der Waals surface area contributed by atoms with E-state index in [0.717, 1.165) is 37.2 Å². The van der Waals surface area contributed by atoms with Gasteiger partial charge in [-0.1, -0.05) is 30.3 Å². The quantitative estimate of drug-likeness (QED) is 0.699. The number of carbonyl (C=O) groups excluding carboxylic acids is 2. The van der Waals surface area contributed by atoms with Crippen LogP contribution in [0.5, 0.6) is 0 Å². The zero-order chi connectivity index (χ0) is 22.1. The predicted molar refractivity (Wildman–Crippen MR) is 125 cm³/mol. The summed E-state index contributed by atoms with van der Waals surface area (Å²) in [5.74, 6) is -0.508. The van der Waals surface area contributed by atoms with E-state index in [1.165, 1.54) is 4.90 Å². The average molecular weight is 419 g/mol. The van der Waals surface area contributed by atoms with E-state index >= 15 is 0 Å². The molecule has 6 nitrogen and oxygen atoms in total. The summed E-state index contributed by atoms with van der Waals surface area (Å²) in [5.41, 5.74) is 3.39. The minimum Gasteiger partial charge on any atom is -0.378 e. The zero-order valence-electron chi connectivity index (χ0n) is 18.7. The monoisotopic (exact) mass is 418 g/mol. The van der Waals surface area contributed by atoms with Gasteiger partial charge in [-0.05, 0) is 62.8 Å². The van der Waals surface area contributed by atoms with Crippen LogP contribution in [0.1, 0.15) is 18.4 Å². The molecule has 31 heavy (non-hydrogen) atoms. The van der Waals surface area contributed by atoms with E-state index in [1.54, 1.807) is 0 Å². The van der Waals surface area contributed by atoms with Crippen molar-refractivity contribution in [2.45, 2.75) is 18.9 Å². The molecule has 0 N–H and O–H groups in total. The Morgan fingerprint density at radius 1 is 0.839 bits per heavy atom. The maximum absolute atomic E-state index is 13.7. The van der Waals surface area contributed by atoms with Gasteiger partial charge < -0.3 is 14.7 Å². The Morgan fingerprint density at radius 3 is 2.03 bits per heavy atom. The van der Waals surface area contributed by atoms with E-state index in [0.29, 0.717) is 17.0 Å². The minimum atomic E-state index is -0.261. The van der Waals surface area contributed by atoms with E-state index < -0.39 is 0 Å². The Labute approximate surface area is 184 Å². The Hall–Kier alpha value is -3.12. The molecular formula is C25H30N4O2. The number of piperidine rings is 1. The van der Waals surface area contributed by atoms with Crippen LogP contribution >= 0.6 is 0 Å². The second-order valence-corrected chi connectivity index (χ2v) is 8.59. The maximum Gasteiger partial charge on any atom is 0.282 e. The van der Waals surface area contributed by atoms with Crippen LogP contribution in [0.25, 0.3) is 5.57 Å². The molecule has 2 aliphatic heterocycles. The molecule has 1 fully saturated rings. The predicted octanol–water partition coefficient (Wildman–Crippen LogP) is 3.06. The van der Waals surface area contributed by atoms with Gasteiger partial charge in [-0.15, -0.1) is 0 Å². The third-order valence-electron chi connectivity index (χ3n) is 6.33. The maximum atomic E-state index is 13.7. The van der Waals surface area contributed by atoms with Gasteiger partial charge >= 0.3 is 0 Å². The second-order valence-electron chi connectivity index (χ2n) is 8.59. The molecule has 2 aliphatic rings. The molecular weight excluding hydrogens is 388 g/mol. The fraction of sp³-hybridized carbons (Fsp3) is 0.360. The number of benzene rings is 2. The van der Waals surface area contributed by atoms with Gasteiger partial charge in [-0.3, -0.25) is 9.59 Å². The summed E-state index contributed by atoms with van der Waals surface area (Å²) in [4.78, 5) is 34.9. The van der Waals surface area contributed by atoms with E-state index in [4.69, 9.17) is 0 Å². The minimum absolute atomic E-state index is 0.234. The number of amides is 2. The van der Waals surface area contributed by atoms with Crippen LogP contribution in [-0.4, -0.2) is 68.9 Å². The van der Waals surface area contributed by atoms with E-state index in [-0.39, 0.29) is 17.9 Å². The number of hydrogen-bond donors (Lipinski definition) is 0. The standard InChI is InChI=1S/C25H30N4O2/c1-26(2)19-10-12-21(13-11-19)29-24(30)22(18-8-6-5-7-9-18)23(25(29)31)28(4)20-14-16-27(3)17-15-20/h5-13,20H,14-17H2,1-4H3. The highest BCUT2D eigenvalue weighted by atomic mass is 16.2. The van der Waals surface area contributed by atoms with Crippen molar-refractivity contribution in [2.75, 3.05) is 51.1 Å². The summed E-state index contributed by atoms with van der Waals surface area (Å²) in [5, 5.41) is 0. The smallest absolute Gasteiger partial charge is 0.282 e. The van der Waals surface area contributed by atoms with E-state index in [9.17, 15) is 9.59 Å². The van der Waals surface area contributed by atoms with Crippen LogP contribution < -0.4 is 9.80 Å². The molecule has 0 spiro atoms. The lowest BCUT2D eigenvalue weighted by molar-refractivity contribution is -0.120. The Bertz CT molecular complexity index is 990. The van der Waals surface area contributed by atoms with Gasteiger partial charge in [0.25, 0.3) is 11.8 Å². The number of likely N-dealkylation sites (tertiary alicyclic amines) is 1. The Morgan fingerprint density at radius 2 is 1.45 bits per heavy atom. The van der Waals surface area contributed by atoms with Gasteiger partial charge in [0.1, 0.15) is 5.70 Å². The summed E-state index contributed by atoms with van der Waals surface area (Å²) in [6, 6.07) is 17.3. The number of rotatable bonds is 5. The number of hydrogen-bond acceptors (Lipinski definition) is 5. The third-order valence-corrected chi connectivity index (χ3v) is 6.33. The summed E-state index contributed by atoms with van der Waals surface area (Å²) >= 11 is 0. The molecule has 0 unspecified atom stereocenters. The molecule has 4 rings (SSSR count). The second kappa shape index (κ2) is 8.55. The van der Waals surface area contributed by atoms with Crippen LogP contribution in [0, 0.1) is 0 Å². The number of carbonyl (C=O) groups is 2. The van der Waals surface area contributed by atoms with Crippen molar-refractivity contribution >= 4 is 28.8 Å². The lowest BCUT2D eigenvalue weighted by atomic mass is 10.0. The SMILES string of the molecule is CN1CCC(N(C)C2=C(c3ccccc3)C(=O)N(c3ccc(N(C)C)cc3)C2=O)CC1. The van der Waals surface area contributed by atoms with Crippen LogP contribution in [0.15, 0.2) is 60.3 Å². The molecule has 2 heterocycles. The summed E-state index contributed by atoms with van der Waals surface area (Å²) in [6.45, 7) is 1.97. The summed E-state index contributed by atoms with van der Waals surface area (Å²) in [7, 11) is 8.00. The van der Waals surface area contributed by atoms with Crippen molar-refractivity contribution in [1.82, 2.24) is 9.80 Å². The first kappa shape index (κ1) is 21.1. The molecule has 2 aromatic rings. The van der Waals surface area contributed by atoms with Crippen LogP contribution in [0.2, 0.25) is 0 Å². The molecule has 1 saturated heterocycles. The van der Waals surface area contributed by atoms with Crippen LogP contribution in [0.4, 0.5) is 11.4 Å².